The van der Waals surface area contributed by atoms with Gasteiger partial charge in [-0.2, -0.15) is 0 Å². The summed E-state index contributed by atoms with van der Waals surface area (Å²) in [6.45, 7) is 3.68. The number of carbonyl (C=O) groups excluding carboxylic acids is 1. The number of amides is 1. The number of halogens is 1. The topological polar surface area (TPSA) is 68.0 Å². The van der Waals surface area contributed by atoms with Gasteiger partial charge in [0.25, 0.3) is 5.91 Å². The molecule has 1 amide bonds. The Morgan fingerprint density at radius 3 is 2.72 bits per heavy atom. The van der Waals surface area contributed by atoms with E-state index in [-0.39, 0.29) is 5.91 Å². The molecule has 0 aliphatic heterocycles. The molecule has 2 rings (SSSR count). The second kappa shape index (κ2) is 4.96. The Balaban J connectivity index is 2.24. The molecule has 0 saturated carbocycles. The zero-order valence-corrected chi connectivity index (χ0v) is 11.5. The molecule has 6 heteroatoms. The van der Waals surface area contributed by atoms with Crippen LogP contribution in [-0.2, 0) is 0 Å². The first-order valence-corrected chi connectivity index (χ1v) is 6.47. The highest BCUT2D eigenvalue weighted by atomic mass is 35.5. The van der Waals surface area contributed by atoms with Gasteiger partial charge in [0.2, 0.25) is 0 Å². The first-order valence-electron chi connectivity index (χ1n) is 5.28. The molecule has 2 aromatic rings. The van der Waals surface area contributed by atoms with Crippen molar-refractivity contribution in [2.24, 2.45) is 0 Å². The third-order valence-electron chi connectivity index (χ3n) is 2.37. The number of hydrogen-bond acceptors (Lipinski definition) is 4. The number of nitrogen functional groups attached to an aromatic ring is 1. The Morgan fingerprint density at radius 1 is 1.44 bits per heavy atom. The molecule has 0 bridgehead atoms. The summed E-state index contributed by atoms with van der Waals surface area (Å²) in [5, 5.41) is 4.16. The van der Waals surface area contributed by atoms with Crippen molar-refractivity contribution in [3.8, 4) is 0 Å². The van der Waals surface area contributed by atoms with E-state index in [4.69, 9.17) is 17.3 Å². The number of rotatable bonds is 2. The lowest BCUT2D eigenvalue weighted by Crippen LogP contribution is -2.12. The summed E-state index contributed by atoms with van der Waals surface area (Å²) >= 11 is 7.16. The number of benzene rings is 1. The van der Waals surface area contributed by atoms with Crippen molar-refractivity contribution in [1.82, 2.24) is 4.98 Å². The van der Waals surface area contributed by atoms with Crippen LogP contribution in [0, 0.1) is 13.8 Å². The maximum Gasteiger partial charge on any atom is 0.267 e. The maximum absolute atomic E-state index is 12.1. The molecule has 4 nitrogen and oxygen atoms in total. The third-order valence-corrected chi connectivity index (χ3v) is 3.68. The van der Waals surface area contributed by atoms with Gasteiger partial charge in [-0.15, -0.1) is 11.3 Å². The minimum atomic E-state index is -0.202. The van der Waals surface area contributed by atoms with Crippen LogP contribution in [0.2, 0.25) is 5.02 Å². The van der Waals surface area contributed by atoms with Crippen LogP contribution in [0.1, 0.15) is 20.4 Å². The predicted molar refractivity (Wildman–Crippen MR) is 75.4 cm³/mol. The second-order valence-electron chi connectivity index (χ2n) is 3.83. The number of anilines is 2. The minimum Gasteiger partial charge on any atom is -0.397 e. The number of hydrogen-bond donors (Lipinski definition) is 2. The van der Waals surface area contributed by atoms with E-state index in [2.05, 4.69) is 10.3 Å². The van der Waals surface area contributed by atoms with Gasteiger partial charge in [0.05, 0.1) is 22.1 Å². The number of thiazole rings is 1. The number of aryl methyl sites for hydroxylation is 2. The van der Waals surface area contributed by atoms with Crippen LogP contribution in [-0.4, -0.2) is 10.9 Å². The summed E-state index contributed by atoms with van der Waals surface area (Å²) in [5.41, 5.74) is 7.49. The van der Waals surface area contributed by atoms with Crippen LogP contribution in [0.25, 0.3) is 0 Å². The van der Waals surface area contributed by atoms with Crippen LogP contribution in [0.15, 0.2) is 18.2 Å². The third kappa shape index (κ3) is 2.63. The van der Waals surface area contributed by atoms with Crippen molar-refractivity contribution >= 4 is 40.2 Å². The van der Waals surface area contributed by atoms with Crippen molar-refractivity contribution in [3.63, 3.8) is 0 Å². The van der Waals surface area contributed by atoms with Gasteiger partial charge in [0.15, 0.2) is 0 Å². The normalized spacial score (nSPS) is 10.4. The van der Waals surface area contributed by atoms with Crippen molar-refractivity contribution < 1.29 is 4.79 Å². The monoisotopic (exact) mass is 281 g/mol. The summed E-state index contributed by atoms with van der Waals surface area (Å²) < 4.78 is 0. The van der Waals surface area contributed by atoms with Gasteiger partial charge < -0.3 is 11.1 Å². The molecule has 0 fully saturated rings. The minimum absolute atomic E-state index is 0.202. The number of aromatic nitrogens is 1. The van der Waals surface area contributed by atoms with E-state index in [1.807, 2.05) is 13.8 Å². The largest absolute Gasteiger partial charge is 0.397 e. The van der Waals surface area contributed by atoms with Crippen LogP contribution in [0.3, 0.4) is 0 Å². The van der Waals surface area contributed by atoms with E-state index in [0.29, 0.717) is 21.3 Å². The van der Waals surface area contributed by atoms with Gasteiger partial charge in [-0.1, -0.05) is 11.6 Å². The average molecular weight is 282 g/mol. The molecule has 0 saturated heterocycles. The summed E-state index contributed by atoms with van der Waals surface area (Å²) in [5.74, 6) is -0.202. The van der Waals surface area contributed by atoms with Gasteiger partial charge in [-0.3, -0.25) is 4.79 Å². The molecular formula is C12H12ClN3OS. The molecule has 0 aliphatic rings. The standard InChI is InChI=1S/C12H12ClN3OS/c1-6-11(18-7(2)15-6)12(17)16-10-4-3-8(13)5-9(10)14/h3-5H,14H2,1-2H3,(H,16,17). The molecule has 1 heterocycles. The smallest absolute Gasteiger partial charge is 0.267 e. The van der Waals surface area contributed by atoms with E-state index in [9.17, 15) is 4.79 Å². The number of carbonyl (C=O) groups is 1. The van der Waals surface area contributed by atoms with E-state index in [1.54, 1.807) is 18.2 Å². The fourth-order valence-electron chi connectivity index (χ4n) is 1.57. The Hall–Kier alpha value is -1.59. The molecule has 0 atom stereocenters. The Bertz CT molecular complexity index is 609. The molecule has 3 N–H and O–H groups in total. The zero-order chi connectivity index (χ0) is 13.3. The predicted octanol–water partition coefficient (Wildman–Crippen LogP) is 3.25. The summed E-state index contributed by atoms with van der Waals surface area (Å²) in [6.07, 6.45) is 0. The van der Waals surface area contributed by atoms with Gasteiger partial charge in [0, 0.05) is 5.02 Å². The van der Waals surface area contributed by atoms with E-state index in [0.717, 1.165) is 10.7 Å². The molecule has 1 aromatic heterocycles. The van der Waals surface area contributed by atoms with Gasteiger partial charge in [-0.05, 0) is 32.0 Å². The van der Waals surface area contributed by atoms with E-state index < -0.39 is 0 Å². The SMILES string of the molecule is Cc1nc(C)c(C(=O)Nc2ccc(Cl)cc2N)s1. The highest BCUT2D eigenvalue weighted by molar-refractivity contribution is 7.13. The lowest BCUT2D eigenvalue weighted by atomic mass is 10.2. The summed E-state index contributed by atoms with van der Waals surface area (Å²) in [6, 6.07) is 4.96. The molecule has 1 aromatic carbocycles. The van der Waals surface area contributed by atoms with Crippen molar-refractivity contribution in [3.05, 3.63) is 38.8 Å². The fourth-order valence-corrected chi connectivity index (χ4v) is 2.56. The maximum atomic E-state index is 12.1. The van der Waals surface area contributed by atoms with E-state index in [1.165, 1.54) is 11.3 Å². The average Bonchev–Trinajstić information content (AvgIpc) is 2.62. The van der Waals surface area contributed by atoms with E-state index >= 15 is 0 Å². The van der Waals surface area contributed by atoms with Crippen LogP contribution in [0.5, 0.6) is 0 Å². The van der Waals surface area contributed by atoms with Crippen LogP contribution >= 0.6 is 22.9 Å². The second-order valence-corrected chi connectivity index (χ2v) is 5.47. The first-order chi connectivity index (χ1) is 8.47. The van der Waals surface area contributed by atoms with Crippen LogP contribution in [0.4, 0.5) is 11.4 Å². The highest BCUT2D eigenvalue weighted by Gasteiger charge is 2.14. The van der Waals surface area contributed by atoms with Gasteiger partial charge in [0.1, 0.15) is 4.88 Å². The van der Waals surface area contributed by atoms with Crippen molar-refractivity contribution in [2.45, 2.75) is 13.8 Å². The molecule has 94 valence electrons. The highest BCUT2D eigenvalue weighted by Crippen LogP contribution is 2.24. The number of nitrogens with two attached hydrogens (primary N) is 1. The van der Waals surface area contributed by atoms with Gasteiger partial charge >= 0.3 is 0 Å². The van der Waals surface area contributed by atoms with Crippen LogP contribution < -0.4 is 11.1 Å². The van der Waals surface area contributed by atoms with Crippen molar-refractivity contribution in [1.29, 1.82) is 0 Å². The number of nitrogens with one attached hydrogen (secondary N) is 1. The van der Waals surface area contributed by atoms with Gasteiger partial charge in [-0.25, -0.2) is 4.98 Å². The first kappa shape index (κ1) is 12.9. The fraction of sp³-hybridized carbons (Fsp3) is 0.167. The summed E-state index contributed by atoms with van der Waals surface area (Å²) in [4.78, 5) is 16.9. The Labute approximate surface area is 114 Å². The summed E-state index contributed by atoms with van der Waals surface area (Å²) in [7, 11) is 0. The van der Waals surface area contributed by atoms with Crippen molar-refractivity contribution in [2.75, 3.05) is 11.1 Å². The molecule has 0 spiro atoms. The number of nitrogens with zero attached hydrogens (tertiary/aromatic N) is 1. The molecule has 0 radical (unpaired) electrons. The molecular weight excluding hydrogens is 270 g/mol. The quantitative estimate of drug-likeness (QED) is 0.830. The molecule has 18 heavy (non-hydrogen) atoms. The Kier molecular flexibility index (Phi) is 3.54. The molecule has 0 unspecified atom stereocenters. The lowest BCUT2D eigenvalue weighted by molar-refractivity contribution is 0.103. The molecule has 0 aliphatic carbocycles. The lowest BCUT2D eigenvalue weighted by Gasteiger charge is -2.07. The zero-order valence-electron chi connectivity index (χ0n) is 9.95. The Morgan fingerprint density at radius 2 is 2.17 bits per heavy atom.